The number of anilines is 1. The lowest BCUT2D eigenvalue weighted by Crippen LogP contribution is -2.35. The third-order valence-corrected chi connectivity index (χ3v) is 5.18. The van der Waals surface area contributed by atoms with Crippen molar-refractivity contribution >= 4 is 17.4 Å². The van der Waals surface area contributed by atoms with Crippen LogP contribution in [0, 0.1) is 5.41 Å². The number of aromatic amines is 1. The van der Waals surface area contributed by atoms with Crippen LogP contribution in [0.1, 0.15) is 72.0 Å². The molecule has 0 saturated heterocycles. The lowest BCUT2D eigenvalue weighted by Gasteiger charge is -2.30. The molecular weight excluding hydrogens is 340 g/mol. The Kier molecular flexibility index (Phi) is 4.81. The van der Waals surface area contributed by atoms with Crippen molar-refractivity contribution in [1.82, 2.24) is 4.98 Å². The molecule has 0 aliphatic heterocycles. The molecule has 0 fully saturated rings. The predicted molar refractivity (Wildman–Crippen MR) is 107 cm³/mol. The van der Waals surface area contributed by atoms with Gasteiger partial charge in [-0.1, -0.05) is 39.8 Å². The molecule has 1 N–H and O–H groups in total. The van der Waals surface area contributed by atoms with Gasteiger partial charge in [-0.05, 0) is 41.5 Å². The van der Waals surface area contributed by atoms with Gasteiger partial charge in [-0.25, -0.2) is 0 Å². The SMILES string of the molecule is CC(C)c1cccc(N(C)C(=O)c2cc3c([nH]c2=O)CC(C)(C)CC3=O)c1. The lowest BCUT2D eigenvalue weighted by atomic mass is 9.75. The molecule has 0 unspecified atom stereocenters. The van der Waals surface area contributed by atoms with Crippen LogP contribution in [0.2, 0.25) is 0 Å². The van der Waals surface area contributed by atoms with E-state index in [0.717, 1.165) is 11.3 Å². The first-order valence-electron chi connectivity index (χ1n) is 9.26. The Morgan fingerprint density at radius 2 is 1.85 bits per heavy atom. The molecule has 5 heteroatoms. The van der Waals surface area contributed by atoms with Crippen LogP contribution < -0.4 is 10.5 Å². The van der Waals surface area contributed by atoms with E-state index in [1.165, 1.54) is 11.0 Å². The number of hydrogen-bond acceptors (Lipinski definition) is 3. The Hall–Kier alpha value is -2.69. The molecule has 1 aliphatic carbocycles. The minimum Gasteiger partial charge on any atom is -0.325 e. The molecule has 1 aromatic carbocycles. The number of hydrogen-bond donors (Lipinski definition) is 1. The van der Waals surface area contributed by atoms with Crippen molar-refractivity contribution in [3.8, 4) is 0 Å². The highest BCUT2D eigenvalue weighted by Crippen LogP contribution is 2.33. The predicted octanol–water partition coefficient (Wildman–Crippen LogP) is 3.93. The average Bonchev–Trinajstić information content (AvgIpc) is 2.59. The summed E-state index contributed by atoms with van der Waals surface area (Å²) in [5, 5.41) is 0. The molecule has 1 amide bonds. The maximum atomic E-state index is 13.0. The maximum absolute atomic E-state index is 13.0. The van der Waals surface area contributed by atoms with E-state index in [0.29, 0.717) is 30.0 Å². The van der Waals surface area contributed by atoms with Crippen LogP contribution in [-0.2, 0) is 6.42 Å². The third kappa shape index (κ3) is 3.72. The van der Waals surface area contributed by atoms with E-state index < -0.39 is 11.5 Å². The van der Waals surface area contributed by atoms with Gasteiger partial charge in [0.1, 0.15) is 5.56 Å². The van der Waals surface area contributed by atoms with Gasteiger partial charge in [-0.3, -0.25) is 14.4 Å². The summed E-state index contributed by atoms with van der Waals surface area (Å²) in [5.74, 6) is -0.116. The molecule has 0 atom stereocenters. The number of carbonyl (C=O) groups is 2. The van der Waals surface area contributed by atoms with Gasteiger partial charge in [0.25, 0.3) is 11.5 Å². The third-order valence-electron chi connectivity index (χ3n) is 5.18. The molecule has 0 saturated carbocycles. The normalized spacial score (nSPS) is 15.6. The van der Waals surface area contributed by atoms with Crippen LogP contribution in [0.15, 0.2) is 35.1 Å². The summed E-state index contributed by atoms with van der Waals surface area (Å²) in [4.78, 5) is 42.2. The fourth-order valence-corrected chi connectivity index (χ4v) is 3.58. The number of nitrogens with one attached hydrogen (secondary N) is 1. The molecule has 1 heterocycles. The van der Waals surface area contributed by atoms with Gasteiger partial charge in [0, 0.05) is 30.4 Å². The highest BCUT2D eigenvalue weighted by Gasteiger charge is 2.33. The number of pyridine rings is 1. The second kappa shape index (κ2) is 6.80. The minimum atomic E-state index is -0.448. The fraction of sp³-hybridized carbons (Fsp3) is 0.409. The summed E-state index contributed by atoms with van der Waals surface area (Å²) in [6, 6.07) is 9.17. The van der Waals surface area contributed by atoms with Gasteiger partial charge in [0.05, 0.1) is 0 Å². The van der Waals surface area contributed by atoms with E-state index in [2.05, 4.69) is 18.8 Å². The second-order valence-electron chi connectivity index (χ2n) is 8.46. The number of carbonyl (C=O) groups excluding carboxylic acids is 2. The number of benzene rings is 1. The molecule has 5 nitrogen and oxygen atoms in total. The second-order valence-corrected chi connectivity index (χ2v) is 8.46. The highest BCUT2D eigenvalue weighted by atomic mass is 16.2. The first-order chi connectivity index (χ1) is 12.6. The zero-order chi connectivity index (χ0) is 19.9. The molecule has 142 valence electrons. The van der Waals surface area contributed by atoms with Crippen molar-refractivity contribution < 1.29 is 9.59 Å². The molecule has 1 aliphatic rings. The van der Waals surface area contributed by atoms with E-state index in [9.17, 15) is 14.4 Å². The zero-order valence-electron chi connectivity index (χ0n) is 16.6. The number of rotatable bonds is 3. The summed E-state index contributed by atoms with van der Waals surface area (Å²) < 4.78 is 0. The first kappa shape index (κ1) is 19.1. The van der Waals surface area contributed by atoms with Crippen molar-refractivity contribution in [3.63, 3.8) is 0 Å². The number of nitrogens with zero attached hydrogens (tertiary/aromatic N) is 1. The van der Waals surface area contributed by atoms with Crippen molar-refractivity contribution in [2.24, 2.45) is 5.41 Å². The van der Waals surface area contributed by atoms with Gasteiger partial charge in [0.15, 0.2) is 5.78 Å². The Balaban J connectivity index is 1.98. The number of Topliss-reactive ketones (excluding diaryl/α,β-unsaturated/α-hetero) is 1. The largest absolute Gasteiger partial charge is 0.325 e. The molecule has 0 radical (unpaired) electrons. The van der Waals surface area contributed by atoms with Crippen molar-refractivity contribution in [3.05, 3.63) is 63.1 Å². The van der Waals surface area contributed by atoms with Gasteiger partial charge in [-0.2, -0.15) is 0 Å². The molecule has 3 rings (SSSR count). The van der Waals surface area contributed by atoms with Crippen molar-refractivity contribution in [2.45, 2.75) is 46.5 Å². The zero-order valence-corrected chi connectivity index (χ0v) is 16.6. The topological polar surface area (TPSA) is 70.2 Å². The van der Waals surface area contributed by atoms with Crippen LogP contribution in [0.5, 0.6) is 0 Å². The number of amides is 1. The number of fused-ring (bicyclic) bond motifs is 1. The summed E-state index contributed by atoms with van der Waals surface area (Å²) in [7, 11) is 1.64. The fourth-order valence-electron chi connectivity index (χ4n) is 3.58. The van der Waals surface area contributed by atoms with E-state index in [4.69, 9.17) is 0 Å². The van der Waals surface area contributed by atoms with Crippen LogP contribution in [0.4, 0.5) is 5.69 Å². The molecule has 0 spiro atoms. The Morgan fingerprint density at radius 3 is 2.52 bits per heavy atom. The minimum absolute atomic E-state index is 0.000689. The van der Waals surface area contributed by atoms with E-state index >= 15 is 0 Å². The standard InChI is InChI=1S/C22H26N2O3/c1-13(2)14-7-6-8-15(9-14)24(5)21(27)17-10-16-18(23-20(17)26)11-22(3,4)12-19(16)25/h6-10,13H,11-12H2,1-5H3,(H,23,26). The number of H-pyrrole nitrogens is 1. The van der Waals surface area contributed by atoms with Crippen molar-refractivity contribution in [2.75, 3.05) is 11.9 Å². The summed E-state index contributed by atoms with van der Waals surface area (Å²) in [6.45, 7) is 8.17. The highest BCUT2D eigenvalue weighted by molar-refractivity contribution is 6.07. The van der Waals surface area contributed by atoms with Crippen LogP contribution in [-0.4, -0.2) is 23.7 Å². The smallest absolute Gasteiger partial charge is 0.263 e. The van der Waals surface area contributed by atoms with Gasteiger partial charge in [-0.15, -0.1) is 0 Å². The summed E-state index contributed by atoms with van der Waals surface area (Å²) >= 11 is 0. The Bertz CT molecular complexity index is 970. The maximum Gasteiger partial charge on any atom is 0.263 e. The van der Waals surface area contributed by atoms with Gasteiger partial charge < -0.3 is 9.88 Å². The van der Waals surface area contributed by atoms with Gasteiger partial charge >= 0.3 is 0 Å². The van der Waals surface area contributed by atoms with Gasteiger partial charge in [0.2, 0.25) is 0 Å². The molecular formula is C22H26N2O3. The monoisotopic (exact) mass is 366 g/mol. The van der Waals surface area contributed by atoms with E-state index in [1.54, 1.807) is 7.05 Å². The Morgan fingerprint density at radius 1 is 1.15 bits per heavy atom. The molecule has 2 aromatic rings. The van der Waals surface area contributed by atoms with Crippen LogP contribution >= 0.6 is 0 Å². The quantitative estimate of drug-likeness (QED) is 0.895. The number of aromatic nitrogens is 1. The number of ketones is 1. The summed E-state index contributed by atoms with van der Waals surface area (Å²) in [5.41, 5.74) is 2.28. The van der Waals surface area contributed by atoms with Crippen LogP contribution in [0.25, 0.3) is 0 Å². The van der Waals surface area contributed by atoms with Crippen molar-refractivity contribution in [1.29, 1.82) is 0 Å². The first-order valence-corrected chi connectivity index (χ1v) is 9.26. The molecule has 27 heavy (non-hydrogen) atoms. The van der Waals surface area contributed by atoms with Crippen LogP contribution in [0.3, 0.4) is 0 Å². The molecule has 0 bridgehead atoms. The summed E-state index contributed by atoms with van der Waals surface area (Å²) in [6.07, 6.45) is 1.02. The van der Waals surface area contributed by atoms with E-state index in [-0.39, 0.29) is 16.8 Å². The molecule has 1 aromatic heterocycles. The van der Waals surface area contributed by atoms with E-state index in [1.807, 2.05) is 38.1 Å². The average molecular weight is 366 g/mol. The lowest BCUT2D eigenvalue weighted by molar-refractivity contribution is 0.0910. The Labute approximate surface area is 159 Å².